The molecule has 5 heteroatoms. The van der Waals surface area contributed by atoms with Crippen LogP contribution in [0.15, 0.2) is 50.3 Å². The van der Waals surface area contributed by atoms with Crippen LogP contribution in [0.3, 0.4) is 0 Å². The molecule has 2 aromatic rings. The minimum absolute atomic E-state index is 0.554. The molecule has 0 aliphatic carbocycles. The monoisotopic (exact) mass is 439 g/mol. The number of halogens is 2. The molecular weight excluding hydrogens is 426 g/mol. The average Bonchev–Trinajstić information content (AvgIpc) is 3.02. The highest BCUT2D eigenvalue weighted by Crippen LogP contribution is 2.37. The first kappa shape index (κ1) is 16.1. The zero-order chi connectivity index (χ0) is 15.5. The van der Waals surface area contributed by atoms with Crippen LogP contribution < -0.4 is 4.74 Å². The first-order valence-corrected chi connectivity index (χ1v) is 9.56. The molecule has 0 radical (unpaired) electrons. The van der Waals surface area contributed by atoms with Gasteiger partial charge in [-0.15, -0.1) is 11.8 Å². The average molecular weight is 441 g/mol. The normalized spacial score (nSPS) is 14.0. The Morgan fingerprint density at radius 3 is 2.55 bits per heavy atom. The summed E-state index contributed by atoms with van der Waals surface area (Å²) in [6.45, 7) is 3.56. The van der Waals surface area contributed by atoms with Gasteiger partial charge in [-0.05, 0) is 62.0 Å². The molecule has 3 rings (SSSR count). The van der Waals surface area contributed by atoms with Crippen LogP contribution in [0.4, 0.5) is 0 Å². The summed E-state index contributed by atoms with van der Waals surface area (Å²) in [5.41, 5.74) is 3.56. The number of aryl methyl sites for hydroxylation is 1. The summed E-state index contributed by atoms with van der Waals surface area (Å²) in [7, 11) is 0. The van der Waals surface area contributed by atoms with Gasteiger partial charge in [0.2, 0.25) is 0 Å². The van der Waals surface area contributed by atoms with E-state index in [4.69, 9.17) is 4.74 Å². The molecule has 0 spiro atoms. The van der Waals surface area contributed by atoms with Gasteiger partial charge in [-0.25, -0.2) is 0 Å². The number of rotatable bonds is 4. The van der Waals surface area contributed by atoms with E-state index in [2.05, 4.69) is 68.0 Å². The summed E-state index contributed by atoms with van der Waals surface area (Å²) in [6.07, 6.45) is 0. The number of aliphatic imine (C=N–C) groups is 1. The summed E-state index contributed by atoms with van der Waals surface area (Å²) in [4.78, 5) is 4.52. The SMILES string of the molecule is Cc1ccccc1COc1c(Br)cc(C2=NCCS2)cc1Br. The standard InChI is InChI=1S/C17H15Br2NOS/c1-11-4-2-3-5-12(11)10-21-16-14(18)8-13(9-15(16)19)17-20-6-7-22-17/h2-5,8-9H,6-7,10H2,1H3. The largest absolute Gasteiger partial charge is 0.487 e. The van der Waals surface area contributed by atoms with E-state index in [1.807, 2.05) is 12.1 Å². The zero-order valence-corrected chi connectivity index (χ0v) is 16.1. The van der Waals surface area contributed by atoms with Crippen molar-refractivity contribution < 1.29 is 4.74 Å². The van der Waals surface area contributed by atoms with Crippen LogP contribution in [0.25, 0.3) is 0 Å². The fraction of sp³-hybridized carbons (Fsp3) is 0.235. The lowest BCUT2D eigenvalue weighted by Crippen LogP contribution is -2.00. The lowest BCUT2D eigenvalue weighted by atomic mass is 10.1. The highest BCUT2D eigenvalue weighted by atomic mass is 79.9. The second-order valence-corrected chi connectivity index (χ2v) is 7.81. The van der Waals surface area contributed by atoms with Gasteiger partial charge in [-0.2, -0.15) is 0 Å². The van der Waals surface area contributed by atoms with Crippen LogP contribution in [0, 0.1) is 6.92 Å². The summed E-state index contributed by atoms with van der Waals surface area (Å²) in [5.74, 6) is 1.89. The van der Waals surface area contributed by atoms with Crippen molar-refractivity contribution in [1.29, 1.82) is 0 Å². The van der Waals surface area contributed by atoms with Gasteiger partial charge in [0.1, 0.15) is 12.4 Å². The van der Waals surface area contributed by atoms with E-state index in [1.54, 1.807) is 11.8 Å². The number of thioether (sulfide) groups is 1. The number of nitrogens with zero attached hydrogens (tertiary/aromatic N) is 1. The molecule has 2 aromatic carbocycles. The molecule has 0 atom stereocenters. The summed E-state index contributed by atoms with van der Waals surface area (Å²) < 4.78 is 7.90. The first-order valence-electron chi connectivity index (χ1n) is 6.99. The smallest absolute Gasteiger partial charge is 0.148 e. The third-order valence-electron chi connectivity index (χ3n) is 3.46. The molecule has 0 saturated carbocycles. The summed E-state index contributed by atoms with van der Waals surface area (Å²) >= 11 is 9.03. The number of hydrogen-bond acceptors (Lipinski definition) is 3. The van der Waals surface area contributed by atoms with E-state index in [9.17, 15) is 0 Å². The van der Waals surface area contributed by atoms with Crippen LogP contribution in [0.5, 0.6) is 5.75 Å². The maximum atomic E-state index is 6.01. The highest BCUT2D eigenvalue weighted by Gasteiger charge is 2.15. The molecule has 0 N–H and O–H groups in total. The molecule has 0 saturated heterocycles. The predicted octanol–water partition coefficient (Wildman–Crippen LogP) is 5.59. The minimum atomic E-state index is 0.554. The van der Waals surface area contributed by atoms with E-state index in [0.717, 1.165) is 37.6 Å². The molecule has 0 fully saturated rings. The predicted molar refractivity (Wildman–Crippen MR) is 101 cm³/mol. The van der Waals surface area contributed by atoms with E-state index < -0.39 is 0 Å². The second kappa shape index (κ2) is 7.20. The Morgan fingerprint density at radius 1 is 1.18 bits per heavy atom. The van der Waals surface area contributed by atoms with Crippen LogP contribution in [-0.2, 0) is 6.61 Å². The van der Waals surface area contributed by atoms with Crippen LogP contribution in [0.1, 0.15) is 16.7 Å². The topological polar surface area (TPSA) is 21.6 Å². The number of benzene rings is 2. The highest BCUT2D eigenvalue weighted by molar-refractivity contribution is 9.11. The maximum absolute atomic E-state index is 6.01. The lowest BCUT2D eigenvalue weighted by molar-refractivity contribution is 0.301. The maximum Gasteiger partial charge on any atom is 0.148 e. The van der Waals surface area contributed by atoms with Gasteiger partial charge < -0.3 is 4.74 Å². The van der Waals surface area contributed by atoms with Crippen molar-refractivity contribution in [2.75, 3.05) is 12.3 Å². The fourth-order valence-electron chi connectivity index (χ4n) is 2.25. The zero-order valence-electron chi connectivity index (χ0n) is 12.1. The van der Waals surface area contributed by atoms with Crippen LogP contribution in [-0.4, -0.2) is 17.3 Å². The van der Waals surface area contributed by atoms with E-state index >= 15 is 0 Å². The molecule has 1 aliphatic heterocycles. The Labute approximate surface area is 151 Å². The van der Waals surface area contributed by atoms with Crippen molar-refractivity contribution in [2.24, 2.45) is 4.99 Å². The molecule has 0 bridgehead atoms. The Morgan fingerprint density at radius 2 is 1.91 bits per heavy atom. The molecule has 0 aromatic heterocycles. The molecule has 22 heavy (non-hydrogen) atoms. The first-order chi connectivity index (χ1) is 10.6. The van der Waals surface area contributed by atoms with E-state index in [1.165, 1.54) is 11.1 Å². The quantitative estimate of drug-likeness (QED) is 0.617. The Hall–Kier alpha value is -0.780. The Balaban J connectivity index is 1.81. The van der Waals surface area contributed by atoms with Gasteiger partial charge in [0.05, 0.1) is 14.0 Å². The van der Waals surface area contributed by atoms with Crippen molar-refractivity contribution >= 4 is 48.7 Å². The molecule has 1 heterocycles. The van der Waals surface area contributed by atoms with E-state index in [0.29, 0.717) is 6.61 Å². The van der Waals surface area contributed by atoms with Gasteiger partial charge in [0.15, 0.2) is 0 Å². The fourth-order valence-corrected chi connectivity index (χ4v) is 4.51. The summed E-state index contributed by atoms with van der Waals surface area (Å²) in [5, 5.41) is 1.10. The van der Waals surface area contributed by atoms with Crippen LogP contribution in [0.2, 0.25) is 0 Å². The van der Waals surface area contributed by atoms with Crippen molar-refractivity contribution in [1.82, 2.24) is 0 Å². The summed E-state index contributed by atoms with van der Waals surface area (Å²) in [6, 6.07) is 12.4. The van der Waals surface area contributed by atoms with E-state index in [-0.39, 0.29) is 0 Å². The molecular formula is C17H15Br2NOS. The number of hydrogen-bond donors (Lipinski definition) is 0. The number of ether oxygens (including phenoxy) is 1. The van der Waals surface area contributed by atoms with Crippen molar-refractivity contribution in [2.45, 2.75) is 13.5 Å². The third kappa shape index (κ3) is 3.58. The molecule has 0 amide bonds. The van der Waals surface area contributed by atoms with Gasteiger partial charge in [-0.3, -0.25) is 4.99 Å². The van der Waals surface area contributed by atoms with Gasteiger partial charge >= 0.3 is 0 Å². The minimum Gasteiger partial charge on any atom is -0.487 e. The van der Waals surface area contributed by atoms with Crippen molar-refractivity contribution in [3.8, 4) is 5.75 Å². The van der Waals surface area contributed by atoms with Gasteiger partial charge in [0, 0.05) is 17.9 Å². The Kier molecular flexibility index (Phi) is 5.26. The van der Waals surface area contributed by atoms with Crippen molar-refractivity contribution in [3.63, 3.8) is 0 Å². The second-order valence-electron chi connectivity index (χ2n) is 5.02. The van der Waals surface area contributed by atoms with Crippen molar-refractivity contribution in [3.05, 3.63) is 62.0 Å². The molecule has 0 unspecified atom stereocenters. The molecule has 2 nitrogen and oxygen atoms in total. The molecule has 1 aliphatic rings. The lowest BCUT2D eigenvalue weighted by Gasteiger charge is -2.13. The van der Waals surface area contributed by atoms with Gasteiger partial charge in [0.25, 0.3) is 0 Å². The Bertz CT molecular complexity index is 707. The van der Waals surface area contributed by atoms with Gasteiger partial charge in [-0.1, -0.05) is 24.3 Å². The molecule has 114 valence electrons. The third-order valence-corrected chi connectivity index (χ3v) is 5.67. The van der Waals surface area contributed by atoms with Crippen LogP contribution >= 0.6 is 43.6 Å².